The van der Waals surface area contributed by atoms with Crippen molar-refractivity contribution in [2.45, 2.75) is 13.3 Å². The lowest BCUT2D eigenvalue weighted by molar-refractivity contribution is 0.103. The maximum Gasteiger partial charge on any atom is 0.203 e. The normalized spacial score (nSPS) is 14.4. The van der Waals surface area contributed by atoms with E-state index in [0.29, 0.717) is 30.3 Å². The van der Waals surface area contributed by atoms with Crippen LogP contribution in [0.4, 0.5) is 0 Å². The first-order valence-corrected chi connectivity index (χ1v) is 9.09. The molecule has 0 amide bonds. The Bertz CT molecular complexity index is 915. The Morgan fingerprint density at radius 1 is 1.00 bits per heavy atom. The molecule has 0 aromatic heterocycles. The lowest BCUT2D eigenvalue weighted by Gasteiger charge is -2.12. The maximum absolute atomic E-state index is 12.7. The highest BCUT2D eigenvalue weighted by Crippen LogP contribution is 2.38. The van der Waals surface area contributed by atoms with Crippen molar-refractivity contribution in [1.82, 2.24) is 0 Å². The highest BCUT2D eigenvalue weighted by atomic mass is 16.5. The summed E-state index contributed by atoms with van der Waals surface area (Å²) in [5, 5.41) is 0. The molecule has 0 heterocycles. The molecule has 0 aliphatic heterocycles. The second-order valence-corrected chi connectivity index (χ2v) is 6.27. The number of ether oxygens (including phenoxy) is 4. The van der Waals surface area contributed by atoms with Crippen LogP contribution in [-0.2, 0) is 6.42 Å². The molecule has 5 heteroatoms. The summed E-state index contributed by atoms with van der Waals surface area (Å²) in [7, 11) is 4.73. The van der Waals surface area contributed by atoms with Gasteiger partial charge in [-0.25, -0.2) is 0 Å². The molecule has 0 fully saturated rings. The summed E-state index contributed by atoms with van der Waals surface area (Å²) in [6.07, 6.45) is 6.24. The van der Waals surface area contributed by atoms with Gasteiger partial charge in [-0.1, -0.05) is 24.3 Å². The van der Waals surface area contributed by atoms with Crippen molar-refractivity contribution in [3.05, 3.63) is 64.7 Å². The zero-order valence-corrected chi connectivity index (χ0v) is 16.6. The molecule has 1 aliphatic carbocycles. The molecular formula is C23H24O5. The van der Waals surface area contributed by atoms with Gasteiger partial charge in [0.25, 0.3) is 0 Å². The Kier molecular flexibility index (Phi) is 6.04. The van der Waals surface area contributed by atoms with Gasteiger partial charge in [-0.3, -0.25) is 4.79 Å². The van der Waals surface area contributed by atoms with Crippen molar-refractivity contribution in [2.24, 2.45) is 0 Å². The average Bonchev–Trinajstić information content (AvgIpc) is 3.02. The van der Waals surface area contributed by atoms with Crippen molar-refractivity contribution >= 4 is 11.9 Å². The summed E-state index contributed by atoms with van der Waals surface area (Å²) < 4.78 is 21.6. The molecule has 0 saturated carbocycles. The van der Waals surface area contributed by atoms with Gasteiger partial charge in [-0.2, -0.15) is 0 Å². The topological polar surface area (TPSA) is 54.0 Å². The molecule has 0 spiro atoms. The molecule has 2 aromatic carbocycles. The summed E-state index contributed by atoms with van der Waals surface area (Å²) in [5.74, 6) is 2.49. The molecular weight excluding hydrogens is 356 g/mol. The highest BCUT2D eigenvalue weighted by molar-refractivity contribution is 6.13. The van der Waals surface area contributed by atoms with E-state index < -0.39 is 0 Å². The Hall–Kier alpha value is -3.21. The smallest absolute Gasteiger partial charge is 0.203 e. The minimum Gasteiger partial charge on any atom is -0.494 e. The number of rotatable bonds is 7. The lowest BCUT2D eigenvalue weighted by atomic mass is 10.1. The van der Waals surface area contributed by atoms with Gasteiger partial charge >= 0.3 is 0 Å². The average molecular weight is 380 g/mol. The molecule has 5 nitrogen and oxygen atoms in total. The maximum atomic E-state index is 12.7. The largest absolute Gasteiger partial charge is 0.494 e. The number of allylic oxidation sites excluding steroid dienone is 3. The monoisotopic (exact) mass is 380 g/mol. The Balaban J connectivity index is 1.82. The fraction of sp³-hybridized carbons (Fsp3) is 0.261. The van der Waals surface area contributed by atoms with Crippen molar-refractivity contribution in [3.63, 3.8) is 0 Å². The van der Waals surface area contributed by atoms with Crippen LogP contribution in [0, 0.1) is 0 Å². The minimum absolute atomic E-state index is 0.0473. The summed E-state index contributed by atoms with van der Waals surface area (Å²) in [4.78, 5) is 12.7. The number of methoxy groups -OCH3 is 3. The van der Waals surface area contributed by atoms with Crippen LogP contribution in [-0.4, -0.2) is 33.7 Å². The third-order valence-electron chi connectivity index (χ3n) is 4.58. The number of benzene rings is 2. The first-order valence-electron chi connectivity index (χ1n) is 9.09. The van der Waals surface area contributed by atoms with Gasteiger partial charge in [-0.15, -0.1) is 0 Å². The second kappa shape index (κ2) is 8.65. The summed E-state index contributed by atoms with van der Waals surface area (Å²) in [5.41, 5.74) is 3.39. The van der Waals surface area contributed by atoms with Gasteiger partial charge in [0.1, 0.15) is 5.75 Å². The predicted octanol–water partition coefficient (Wildman–Crippen LogP) is 4.49. The summed E-state index contributed by atoms with van der Waals surface area (Å²) >= 11 is 0. The molecule has 1 aliphatic rings. The number of carbonyl (C=O) groups is 1. The number of Topliss-reactive ketones (excluding diaryl/α,β-unsaturated/α-hetero) is 1. The van der Waals surface area contributed by atoms with E-state index in [0.717, 1.165) is 28.0 Å². The third kappa shape index (κ3) is 3.88. The molecule has 0 radical (unpaired) electrons. The molecule has 0 bridgehead atoms. The third-order valence-corrected chi connectivity index (χ3v) is 4.58. The van der Waals surface area contributed by atoms with Crippen LogP contribution < -0.4 is 18.9 Å². The van der Waals surface area contributed by atoms with Gasteiger partial charge in [0.15, 0.2) is 17.3 Å². The van der Waals surface area contributed by atoms with Crippen LogP contribution in [0.25, 0.3) is 6.08 Å². The van der Waals surface area contributed by atoms with Crippen LogP contribution in [0.3, 0.4) is 0 Å². The lowest BCUT2D eigenvalue weighted by Crippen LogP contribution is -1.97. The van der Waals surface area contributed by atoms with E-state index in [1.807, 2.05) is 55.5 Å². The van der Waals surface area contributed by atoms with E-state index in [4.69, 9.17) is 18.9 Å². The van der Waals surface area contributed by atoms with Crippen LogP contribution in [0.2, 0.25) is 0 Å². The Morgan fingerprint density at radius 2 is 1.71 bits per heavy atom. The van der Waals surface area contributed by atoms with Crippen LogP contribution in [0.5, 0.6) is 23.0 Å². The molecule has 3 rings (SSSR count). The highest BCUT2D eigenvalue weighted by Gasteiger charge is 2.24. The molecule has 2 aromatic rings. The zero-order valence-electron chi connectivity index (χ0n) is 16.6. The first kappa shape index (κ1) is 19.5. The van der Waals surface area contributed by atoms with Gasteiger partial charge in [-0.05, 0) is 42.3 Å². The second-order valence-electron chi connectivity index (χ2n) is 6.27. The Morgan fingerprint density at radius 3 is 2.32 bits per heavy atom. The predicted molar refractivity (Wildman–Crippen MR) is 109 cm³/mol. The van der Waals surface area contributed by atoms with E-state index in [2.05, 4.69) is 0 Å². The molecule has 0 atom stereocenters. The molecule has 146 valence electrons. The van der Waals surface area contributed by atoms with Crippen molar-refractivity contribution < 1.29 is 23.7 Å². The fourth-order valence-corrected chi connectivity index (χ4v) is 3.24. The quantitative estimate of drug-likeness (QED) is 0.663. The first-order chi connectivity index (χ1) is 13.6. The van der Waals surface area contributed by atoms with Crippen molar-refractivity contribution in [2.75, 3.05) is 27.9 Å². The zero-order chi connectivity index (χ0) is 20.1. The molecule has 28 heavy (non-hydrogen) atoms. The number of hydrogen-bond donors (Lipinski definition) is 0. The minimum atomic E-state index is 0.0473. The van der Waals surface area contributed by atoms with E-state index >= 15 is 0 Å². The SMILES string of the molecule is CCOc1ccc2c(c1)C(=O)C(=C/C=C\c1cc(OC)c(OC)c(OC)c1)C2. The standard InChI is InChI=1S/C23H24O5/c1-5-28-18-10-9-16-13-17(22(24)19(16)14-18)8-6-7-15-11-20(25-2)23(27-4)21(12-15)26-3/h6-12,14H,5,13H2,1-4H3/b7-6-,17-8?. The van der Waals surface area contributed by atoms with E-state index in [1.165, 1.54) is 0 Å². The van der Waals surface area contributed by atoms with Gasteiger partial charge in [0.2, 0.25) is 5.75 Å². The van der Waals surface area contributed by atoms with Gasteiger partial charge in [0, 0.05) is 17.6 Å². The molecule has 0 N–H and O–H groups in total. The van der Waals surface area contributed by atoms with Crippen molar-refractivity contribution in [1.29, 1.82) is 0 Å². The van der Waals surface area contributed by atoms with E-state index in [9.17, 15) is 4.79 Å². The van der Waals surface area contributed by atoms with Gasteiger partial charge < -0.3 is 18.9 Å². The van der Waals surface area contributed by atoms with Crippen LogP contribution in [0.1, 0.15) is 28.4 Å². The van der Waals surface area contributed by atoms with Crippen molar-refractivity contribution in [3.8, 4) is 23.0 Å². The Labute approximate surface area is 165 Å². The fourth-order valence-electron chi connectivity index (χ4n) is 3.24. The van der Waals surface area contributed by atoms with Crippen LogP contribution in [0.15, 0.2) is 48.1 Å². The van der Waals surface area contributed by atoms with Gasteiger partial charge in [0.05, 0.1) is 27.9 Å². The number of carbonyl (C=O) groups excluding carboxylic acids is 1. The number of hydrogen-bond acceptors (Lipinski definition) is 5. The summed E-state index contributed by atoms with van der Waals surface area (Å²) in [6, 6.07) is 9.41. The van der Waals surface area contributed by atoms with E-state index in [1.54, 1.807) is 21.3 Å². The number of ketones is 1. The van der Waals surface area contributed by atoms with E-state index in [-0.39, 0.29) is 5.78 Å². The van der Waals surface area contributed by atoms with Crippen LogP contribution >= 0.6 is 0 Å². The summed E-state index contributed by atoms with van der Waals surface area (Å²) in [6.45, 7) is 2.50. The molecule has 0 saturated heterocycles. The number of fused-ring (bicyclic) bond motifs is 1. The molecule has 0 unspecified atom stereocenters.